The van der Waals surface area contributed by atoms with Crippen molar-refractivity contribution in [1.29, 1.82) is 0 Å². The van der Waals surface area contributed by atoms with Gasteiger partial charge in [0.15, 0.2) is 0 Å². The summed E-state index contributed by atoms with van der Waals surface area (Å²) in [7, 11) is 0. The molecule has 0 bridgehead atoms. The van der Waals surface area contributed by atoms with E-state index in [4.69, 9.17) is 9.84 Å². The van der Waals surface area contributed by atoms with Crippen LogP contribution in [0.2, 0.25) is 0 Å². The van der Waals surface area contributed by atoms with Crippen LogP contribution < -0.4 is 4.74 Å². The Morgan fingerprint density at radius 2 is 1.81 bits per heavy atom. The summed E-state index contributed by atoms with van der Waals surface area (Å²) in [6.45, 7) is 3.60. The molecule has 2 fully saturated rings. The van der Waals surface area contributed by atoms with Crippen molar-refractivity contribution in [3.05, 3.63) is 29.8 Å². The normalized spacial score (nSPS) is 20.8. The fraction of sp³-hybridized carbons (Fsp3) is 0.650. The third kappa shape index (κ3) is 4.96. The molecule has 0 spiro atoms. The van der Waals surface area contributed by atoms with E-state index in [1.165, 1.54) is 6.42 Å². The molecular formula is C20H30N2O4. The van der Waals surface area contributed by atoms with Crippen LogP contribution in [0.4, 0.5) is 0 Å². The quantitative estimate of drug-likeness (QED) is 0.803. The zero-order valence-corrected chi connectivity index (χ0v) is 15.3. The Morgan fingerprint density at radius 3 is 2.50 bits per heavy atom. The van der Waals surface area contributed by atoms with Gasteiger partial charge < -0.3 is 24.7 Å². The smallest absolute Gasteiger partial charge is 0.257 e. The van der Waals surface area contributed by atoms with Crippen LogP contribution in [0.1, 0.15) is 42.5 Å². The molecule has 6 nitrogen and oxygen atoms in total. The number of aliphatic hydroxyl groups excluding tert-OH is 2. The summed E-state index contributed by atoms with van der Waals surface area (Å²) in [6.07, 6.45) is 4.45. The topological polar surface area (TPSA) is 73.2 Å². The van der Waals surface area contributed by atoms with E-state index in [-0.39, 0.29) is 18.6 Å². The van der Waals surface area contributed by atoms with E-state index < -0.39 is 6.10 Å². The maximum absolute atomic E-state index is 12.9. The van der Waals surface area contributed by atoms with Crippen LogP contribution in [0.25, 0.3) is 0 Å². The highest BCUT2D eigenvalue weighted by Crippen LogP contribution is 2.25. The first-order valence-electron chi connectivity index (χ1n) is 9.73. The molecule has 1 amide bonds. The van der Waals surface area contributed by atoms with Gasteiger partial charge in [0.1, 0.15) is 11.9 Å². The van der Waals surface area contributed by atoms with E-state index in [2.05, 4.69) is 4.90 Å². The number of ether oxygens (including phenoxy) is 1. The number of carbonyl (C=O) groups is 1. The van der Waals surface area contributed by atoms with Crippen LogP contribution >= 0.6 is 0 Å². The van der Waals surface area contributed by atoms with Gasteiger partial charge in [0.2, 0.25) is 0 Å². The molecule has 2 saturated heterocycles. The van der Waals surface area contributed by atoms with Crippen molar-refractivity contribution in [2.75, 3.05) is 39.3 Å². The van der Waals surface area contributed by atoms with Gasteiger partial charge in [-0.15, -0.1) is 0 Å². The molecular weight excluding hydrogens is 332 g/mol. The predicted octanol–water partition coefficient (Wildman–Crippen LogP) is 1.51. The Morgan fingerprint density at radius 1 is 1.12 bits per heavy atom. The standard InChI is InChI=1S/C20H30N2O4/c23-15-16(24)14-21-12-8-17(9-13-21)26-19-7-3-2-6-18(19)20(25)22-10-4-1-5-11-22/h2-3,6-7,16-17,23-24H,1,4-5,8-15H2/t16-/m1/s1. The van der Waals surface area contributed by atoms with Crippen molar-refractivity contribution in [3.63, 3.8) is 0 Å². The number of amides is 1. The highest BCUT2D eigenvalue weighted by atomic mass is 16.5. The molecule has 0 radical (unpaired) electrons. The second-order valence-corrected chi connectivity index (χ2v) is 7.30. The molecule has 2 aliphatic heterocycles. The highest BCUT2D eigenvalue weighted by molar-refractivity contribution is 5.97. The number of hydrogen-bond donors (Lipinski definition) is 2. The second kappa shape index (κ2) is 9.35. The number of nitrogens with zero attached hydrogens (tertiary/aromatic N) is 2. The lowest BCUT2D eigenvalue weighted by atomic mass is 10.1. The third-order valence-corrected chi connectivity index (χ3v) is 5.27. The van der Waals surface area contributed by atoms with Crippen LogP contribution in [0.3, 0.4) is 0 Å². The molecule has 0 aromatic heterocycles. The summed E-state index contributed by atoms with van der Waals surface area (Å²) in [6, 6.07) is 7.55. The highest BCUT2D eigenvalue weighted by Gasteiger charge is 2.25. The summed E-state index contributed by atoms with van der Waals surface area (Å²) in [5, 5.41) is 18.5. The Kier molecular flexibility index (Phi) is 6.88. The number of aliphatic hydroxyl groups is 2. The minimum atomic E-state index is -0.685. The lowest BCUT2D eigenvalue weighted by Crippen LogP contribution is -2.42. The number of carbonyl (C=O) groups excluding carboxylic acids is 1. The summed E-state index contributed by atoms with van der Waals surface area (Å²) in [4.78, 5) is 16.9. The van der Waals surface area contributed by atoms with Gasteiger partial charge >= 0.3 is 0 Å². The van der Waals surface area contributed by atoms with Crippen LogP contribution in [-0.2, 0) is 0 Å². The second-order valence-electron chi connectivity index (χ2n) is 7.30. The molecule has 26 heavy (non-hydrogen) atoms. The maximum Gasteiger partial charge on any atom is 0.257 e. The van der Waals surface area contributed by atoms with E-state index in [0.29, 0.717) is 17.9 Å². The lowest BCUT2D eigenvalue weighted by Gasteiger charge is -2.33. The Bertz CT molecular complexity index is 581. The van der Waals surface area contributed by atoms with E-state index in [1.807, 2.05) is 29.2 Å². The van der Waals surface area contributed by atoms with Gasteiger partial charge in [-0.05, 0) is 44.2 Å². The fourth-order valence-corrected chi connectivity index (χ4v) is 3.76. The van der Waals surface area contributed by atoms with Crippen LogP contribution in [0.15, 0.2) is 24.3 Å². The van der Waals surface area contributed by atoms with Gasteiger partial charge in [-0.25, -0.2) is 0 Å². The molecule has 0 unspecified atom stereocenters. The third-order valence-electron chi connectivity index (χ3n) is 5.27. The number of benzene rings is 1. The van der Waals surface area contributed by atoms with Crippen molar-refractivity contribution >= 4 is 5.91 Å². The molecule has 0 saturated carbocycles. The number of rotatable bonds is 6. The summed E-state index contributed by atoms with van der Waals surface area (Å²) in [5.74, 6) is 0.751. The predicted molar refractivity (Wildman–Crippen MR) is 99.4 cm³/mol. The Balaban J connectivity index is 1.58. The average molecular weight is 362 g/mol. The molecule has 2 heterocycles. The van der Waals surface area contributed by atoms with Gasteiger partial charge in [-0.2, -0.15) is 0 Å². The number of likely N-dealkylation sites (tertiary alicyclic amines) is 2. The van der Waals surface area contributed by atoms with Crippen LogP contribution in [-0.4, -0.2) is 77.5 Å². The molecule has 2 aliphatic rings. The first-order chi connectivity index (χ1) is 12.7. The fourth-order valence-electron chi connectivity index (χ4n) is 3.76. The zero-order chi connectivity index (χ0) is 18.4. The minimum Gasteiger partial charge on any atom is -0.489 e. The van der Waals surface area contributed by atoms with Gasteiger partial charge in [0, 0.05) is 32.7 Å². The van der Waals surface area contributed by atoms with Crippen LogP contribution in [0.5, 0.6) is 5.75 Å². The summed E-state index contributed by atoms with van der Waals surface area (Å²) < 4.78 is 6.19. The molecule has 1 atom stereocenters. The molecule has 2 N–H and O–H groups in total. The van der Waals surface area contributed by atoms with E-state index in [9.17, 15) is 9.90 Å². The minimum absolute atomic E-state index is 0.0730. The Hall–Kier alpha value is -1.63. The maximum atomic E-state index is 12.9. The van der Waals surface area contributed by atoms with Crippen molar-refractivity contribution in [2.45, 2.75) is 44.3 Å². The zero-order valence-electron chi connectivity index (χ0n) is 15.3. The molecule has 3 rings (SSSR count). The number of para-hydroxylation sites is 1. The number of hydrogen-bond acceptors (Lipinski definition) is 5. The monoisotopic (exact) mass is 362 g/mol. The van der Waals surface area contributed by atoms with Crippen molar-refractivity contribution in [3.8, 4) is 5.75 Å². The van der Waals surface area contributed by atoms with Crippen molar-refractivity contribution in [2.24, 2.45) is 0 Å². The van der Waals surface area contributed by atoms with Gasteiger partial charge in [0.05, 0.1) is 18.3 Å². The Labute approximate surface area is 155 Å². The first-order valence-corrected chi connectivity index (χ1v) is 9.73. The SMILES string of the molecule is O=C(c1ccccc1OC1CCN(C[C@@H](O)CO)CC1)N1CCCCC1. The summed E-state index contributed by atoms with van der Waals surface area (Å²) >= 11 is 0. The van der Waals surface area contributed by atoms with Gasteiger partial charge in [-0.3, -0.25) is 4.79 Å². The molecule has 144 valence electrons. The van der Waals surface area contributed by atoms with E-state index in [1.54, 1.807) is 0 Å². The van der Waals surface area contributed by atoms with E-state index >= 15 is 0 Å². The largest absolute Gasteiger partial charge is 0.489 e. The summed E-state index contributed by atoms with van der Waals surface area (Å²) in [5.41, 5.74) is 0.660. The molecule has 1 aromatic rings. The lowest BCUT2D eigenvalue weighted by molar-refractivity contribution is 0.0342. The van der Waals surface area contributed by atoms with Crippen molar-refractivity contribution in [1.82, 2.24) is 9.80 Å². The number of β-amino-alcohol motifs (C(OH)–C–C–N with tert-alkyl or cyclic N) is 1. The molecule has 6 heteroatoms. The van der Waals surface area contributed by atoms with Crippen molar-refractivity contribution < 1.29 is 19.7 Å². The van der Waals surface area contributed by atoms with Gasteiger partial charge in [-0.1, -0.05) is 12.1 Å². The first kappa shape index (κ1) is 19.1. The average Bonchev–Trinajstić information content (AvgIpc) is 2.70. The molecule has 0 aliphatic carbocycles. The van der Waals surface area contributed by atoms with Crippen LogP contribution in [0, 0.1) is 0 Å². The van der Waals surface area contributed by atoms with E-state index in [0.717, 1.165) is 51.9 Å². The number of piperidine rings is 2. The molecule has 1 aromatic carbocycles. The van der Waals surface area contributed by atoms with Gasteiger partial charge in [0.25, 0.3) is 5.91 Å².